The zero-order valence-corrected chi connectivity index (χ0v) is 16.5. The van der Waals surface area contributed by atoms with Crippen LogP contribution in [0, 0.1) is 0 Å². The lowest BCUT2D eigenvalue weighted by molar-refractivity contribution is 0.153. The van der Waals surface area contributed by atoms with Gasteiger partial charge >= 0.3 is 5.69 Å². The van der Waals surface area contributed by atoms with E-state index >= 15 is 0 Å². The summed E-state index contributed by atoms with van der Waals surface area (Å²) in [5.74, 6) is 0.554. The number of fused-ring (bicyclic) bond motifs is 3. The zero-order valence-electron chi connectivity index (χ0n) is 16.5. The van der Waals surface area contributed by atoms with Crippen molar-refractivity contribution >= 4 is 22.8 Å². The van der Waals surface area contributed by atoms with Gasteiger partial charge in [0.2, 0.25) is 5.95 Å². The van der Waals surface area contributed by atoms with Gasteiger partial charge in [-0.3, -0.25) is 18.5 Å². The van der Waals surface area contributed by atoms with Crippen LogP contribution in [0.1, 0.15) is 33.7 Å². The van der Waals surface area contributed by atoms with E-state index in [1.807, 2.05) is 38.3 Å². The summed E-state index contributed by atoms with van der Waals surface area (Å²) in [5.41, 5.74) is 0.935. The van der Waals surface area contributed by atoms with Gasteiger partial charge in [-0.25, -0.2) is 9.80 Å². The second-order valence-corrected chi connectivity index (χ2v) is 6.52. The van der Waals surface area contributed by atoms with Gasteiger partial charge in [0.1, 0.15) is 0 Å². The highest BCUT2D eigenvalue weighted by molar-refractivity contribution is 5.91. The maximum atomic E-state index is 13.1. The maximum Gasteiger partial charge on any atom is 0.332 e. The molecule has 0 aromatic carbocycles. The van der Waals surface area contributed by atoms with Crippen LogP contribution in [0.5, 0.6) is 0 Å². The number of nitrogens with zero attached hydrogens (tertiary/aromatic N) is 6. The van der Waals surface area contributed by atoms with Crippen molar-refractivity contribution in [3.63, 3.8) is 0 Å². The summed E-state index contributed by atoms with van der Waals surface area (Å²) in [7, 11) is 1.64. The van der Waals surface area contributed by atoms with Crippen molar-refractivity contribution in [3.05, 3.63) is 33.0 Å². The number of hydrazone groups is 1. The van der Waals surface area contributed by atoms with Crippen LogP contribution in [-0.4, -0.2) is 44.2 Å². The molecule has 0 N–H and O–H groups in total. The van der Waals surface area contributed by atoms with E-state index in [2.05, 4.69) is 10.1 Å². The quantitative estimate of drug-likeness (QED) is 0.561. The van der Waals surface area contributed by atoms with Crippen LogP contribution < -0.4 is 16.3 Å². The van der Waals surface area contributed by atoms with E-state index in [1.54, 1.807) is 18.1 Å². The van der Waals surface area contributed by atoms with Crippen molar-refractivity contribution in [2.45, 2.75) is 40.3 Å². The SMILES string of the molecule is CC=CCn1c(=O)c2c(nc3n2C(C)C(C)=NN3CCOCC)n(C)c1=O. The molecule has 27 heavy (non-hydrogen) atoms. The molecular weight excluding hydrogens is 348 g/mol. The molecule has 0 saturated heterocycles. The molecule has 0 amide bonds. The molecule has 0 radical (unpaired) electrons. The molecule has 9 heteroatoms. The third-order valence-electron chi connectivity index (χ3n) is 4.83. The van der Waals surface area contributed by atoms with E-state index < -0.39 is 0 Å². The smallest absolute Gasteiger partial charge is 0.332 e. The largest absolute Gasteiger partial charge is 0.380 e. The number of hydrogen-bond donors (Lipinski definition) is 0. The minimum atomic E-state index is -0.382. The lowest BCUT2D eigenvalue weighted by Gasteiger charge is -2.29. The van der Waals surface area contributed by atoms with E-state index in [-0.39, 0.29) is 23.8 Å². The summed E-state index contributed by atoms with van der Waals surface area (Å²) in [4.78, 5) is 30.4. The maximum absolute atomic E-state index is 13.1. The fourth-order valence-electron chi connectivity index (χ4n) is 3.20. The number of aryl methyl sites for hydroxylation is 1. The van der Waals surface area contributed by atoms with Gasteiger partial charge in [0.25, 0.3) is 5.56 Å². The summed E-state index contributed by atoms with van der Waals surface area (Å²) in [6, 6.07) is -0.131. The Morgan fingerprint density at radius 3 is 2.70 bits per heavy atom. The van der Waals surface area contributed by atoms with E-state index in [4.69, 9.17) is 4.74 Å². The highest BCUT2D eigenvalue weighted by atomic mass is 16.5. The summed E-state index contributed by atoms with van der Waals surface area (Å²) < 4.78 is 9.97. The highest BCUT2D eigenvalue weighted by Crippen LogP contribution is 2.29. The van der Waals surface area contributed by atoms with Crippen LogP contribution >= 0.6 is 0 Å². The fraction of sp³-hybridized carbons (Fsp3) is 0.556. The molecule has 0 fully saturated rings. The average Bonchev–Trinajstić information content (AvgIpc) is 3.05. The summed E-state index contributed by atoms with van der Waals surface area (Å²) in [5, 5.41) is 6.35. The average molecular weight is 374 g/mol. The van der Waals surface area contributed by atoms with E-state index in [0.29, 0.717) is 36.9 Å². The first kappa shape index (κ1) is 19.1. The third-order valence-corrected chi connectivity index (χ3v) is 4.83. The molecule has 0 aliphatic carbocycles. The molecule has 1 unspecified atom stereocenters. The first-order chi connectivity index (χ1) is 12.9. The van der Waals surface area contributed by atoms with Crippen LogP contribution in [0.3, 0.4) is 0 Å². The molecule has 0 bridgehead atoms. The molecule has 1 atom stereocenters. The van der Waals surface area contributed by atoms with Crippen LogP contribution in [0.25, 0.3) is 11.2 Å². The van der Waals surface area contributed by atoms with E-state index in [0.717, 1.165) is 5.71 Å². The van der Waals surface area contributed by atoms with Crippen molar-refractivity contribution < 1.29 is 4.74 Å². The van der Waals surface area contributed by atoms with Crippen molar-refractivity contribution in [3.8, 4) is 0 Å². The third kappa shape index (κ3) is 3.12. The van der Waals surface area contributed by atoms with Crippen LogP contribution in [0.4, 0.5) is 5.95 Å². The summed E-state index contributed by atoms with van der Waals surface area (Å²) >= 11 is 0. The number of allylic oxidation sites excluding steroid dienone is 2. The second kappa shape index (κ2) is 7.51. The van der Waals surface area contributed by atoms with Gasteiger partial charge in [-0.1, -0.05) is 12.2 Å². The number of ether oxygens (including phenoxy) is 1. The predicted molar refractivity (Wildman–Crippen MR) is 106 cm³/mol. The normalized spacial score (nSPS) is 17.0. The molecule has 3 rings (SSSR count). The first-order valence-electron chi connectivity index (χ1n) is 9.15. The molecule has 146 valence electrons. The van der Waals surface area contributed by atoms with Gasteiger partial charge in [0.15, 0.2) is 11.2 Å². The number of imidazole rings is 1. The van der Waals surface area contributed by atoms with Crippen molar-refractivity contribution in [1.29, 1.82) is 0 Å². The van der Waals surface area contributed by atoms with Gasteiger partial charge in [-0.2, -0.15) is 10.1 Å². The van der Waals surface area contributed by atoms with Gasteiger partial charge in [0, 0.05) is 20.2 Å². The van der Waals surface area contributed by atoms with E-state index in [9.17, 15) is 9.59 Å². The predicted octanol–water partition coefficient (Wildman–Crippen LogP) is 1.27. The highest BCUT2D eigenvalue weighted by Gasteiger charge is 2.30. The van der Waals surface area contributed by atoms with Crippen molar-refractivity contribution in [2.24, 2.45) is 12.1 Å². The van der Waals surface area contributed by atoms with Gasteiger partial charge in [-0.15, -0.1) is 0 Å². The van der Waals surface area contributed by atoms with Gasteiger partial charge in [0.05, 0.1) is 24.9 Å². The van der Waals surface area contributed by atoms with E-state index in [1.165, 1.54) is 9.13 Å². The Morgan fingerprint density at radius 2 is 2.04 bits per heavy atom. The van der Waals surface area contributed by atoms with Crippen molar-refractivity contribution in [1.82, 2.24) is 18.7 Å². The number of rotatable bonds is 6. The minimum absolute atomic E-state index is 0.131. The number of aromatic nitrogens is 4. The Balaban J connectivity index is 2.25. The summed E-state index contributed by atoms with van der Waals surface area (Å²) in [6.07, 6.45) is 3.60. The molecule has 1 aliphatic rings. The molecular formula is C18H26N6O3. The van der Waals surface area contributed by atoms with Crippen LogP contribution in [-0.2, 0) is 18.3 Å². The molecule has 0 saturated carbocycles. The topological polar surface area (TPSA) is 86.7 Å². The monoisotopic (exact) mass is 374 g/mol. The lowest BCUT2D eigenvalue weighted by atomic mass is 10.2. The molecule has 0 spiro atoms. The van der Waals surface area contributed by atoms with Crippen molar-refractivity contribution in [2.75, 3.05) is 24.8 Å². The first-order valence-corrected chi connectivity index (χ1v) is 9.15. The fourth-order valence-corrected chi connectivity index (χ4v) is 3.20. The Kier molecular flexibility index (Phi) is 5.31. The van der Waals surface area contributed by atoms with Gasteiger partial charge in [-0.05, 0) is 27.7 Å². The standard InChI is InChI=1S/C18H26N6O3/c1-6-8-9-22-16(25)14-15(21(5)18(22)26)19-17-23(10-11-27-7-2)20-12(3)13(4)24(14)17/h6,8,13H,7,9-11H2,1-5H3. The van der Waals surface area contributed by atoms with Crippen LogP contribution in [0.15, 0.2) is 26.8 Å². The Morgan fingerprint density at radius 1 is 1.30 bits per heavy atom. The van der Waals surface area contributed by atoms with Gasteiger partial charge < -0.3 is 4.74 Å². The zero-order chi connectivity index (χ0) is 19.7. The Hall–Kier alpha value is -2.68. The number of hydrogen-bond acceptors (Lipinski definition) is 6. The Labute approximate surface area is 157 Å². The van der Waals surface area contributed by atoms with Crippen LogP contribution in [0.2, 0.25) is 0 Å². The number of anilines is 1. The molecule has 2 aromatic heterocycles. The lowest BCUT2D eigenvalue weighted by Crippen LogP contribution is -2.40. The molecule has 3 heterocycles. The molecule has 2 aromatic rings. The molecule has 1 aliphatic heterocycles. The molecule has 9 nitrogen and oxygen atoms in total. The Bertz CT molecular complexity index is 1030. The minimum Gasteiger partial charge on any atom is -0.380 e. The second-order valence-electron chi connectivity index (χ2n) is 6.52. The summed E-state index contributed by atoms with van der Waals surface area (Å²) in [6.45, 7) is 9.55.